The molecular weight excluding hydrogens is 280 g/mol. The van der Waals surface area contributed by atoms with Gasteiger partial charge in [-0.15, -0.1) is 0 Å². The van der Waals surface area contributed by atoms with Crippen LogP contribution in [-0.4, -0.2) is 29.4 Å². The number of anilines is 1. The Morgan fingerprint density at radius 1 is 1.48 bits per heavy atom. The summed E-state index contributed by atoms with van der Waals surface area (Å²) in [7, 11) is 0. The minimum Gasteiger partial charge on any atom is -0.444 e. The molecule has 1 atom stereocenters. The maximum Gasteiger partial charge on any atom is 0.262 e. The van der Waals surface area contributed by atoms with Crippen molar-refractivity contribution in [1.82, 2.24) is 10.3 Å². The highest BCUT2D eigenvalue weighted by Crippen LogP contribution is 2.26. The number of nitrogens with zero attached hydrogens (tertiary/aromatic N) is 1. The fraction of sp³-hybridized carbons (Fsp3) is 0.286. The number of alkyl halides is 2. The number of nitrogens with one attached hydrogen (secondary N) is 2. The molecule has 0 bridgehead atoms. The molecule has 1 saturated heterocycles. The summed E-state index contributed by atoms with van der Waals surface area (Å²) in [6.45, 7) is -0.469. The number of amides is 1. The fourth-order valence-corrected chi connectivity index (χ4v) is 2.24. The van der Waals surface area contributed by atoms with Gasteiger partial charge < -0.3 is 9.73 Å². The van der Waals surface area contributed by atoms with E-state index < -0.39 is 30.8 Å². The van der Waals surface area contributed by atoms with Crippen LogP contribution in [0.15, 0.2) is 41.3 Å². The van der Waals surface area contributed by atoms with Gasteiger partial charge in [0.1, 0.15) is 0 Å². The second-order valence-electron chi connectivity index (χ2n) is 4.93. The number of hydrogen-bond donors (Lipinski definition) is 2. The second-order valence-corrected chi connectivity index (χ2v) is 4.93. The van der Waals surface area contributed by atoms with Crippen molar-refractivity contribution in [3.8, 4) is 11.3 Å². The molecule has 0 aliphatic carbocycles. The van der Waals surface area contributed by atoms with Crippen LogP contribution in [-0.2, 0) is 4.79 Å². The Morgan fingerprint density at radius 2 is 2.33 bits per heavy atom. The zero-order chi connectivity index (χ0) is 14.9. The Balaban J connectivity index is 1.71. The van der Waals surface area contributed by atoms with E-state index in [1.165, 1.54) is 6.39 Å². The molecule has 1 unspecified atom stereocenters. The Kier molecular flexibility index (Phi) is 3.42. The molecule has 2 heterocycles. The Hall–Kier alpha value is -2.28. The zero-order valence-electron chi connectivity index (χ0n) is 11.0. The molecule has 7 heteroatoms. The monoisotopic (exact) mass is 293 g/mol. The normalized spacial score (nSPS) is 20.4. The van der Waals surface area contributed by atoms with Gasteiger partial charge in [-0.25, -0.2) is 13.8 Å². The number of halogens is 2. The molecule has 1 fully saturated rings. The van der Waals surface area contributed by atoms with Crippen LogP contribution in [0.4, 0.5) is 14.5 Å². The molecule has 21 heavy (non-hydrogen) atoms. The van der Waals surface area contributed by atoms with Crippen molar-refractivity contribution in [1.29, 1.82) is 0 Å². The molecule has 2 N–H and O–H groups in total. The van der Waals surface area contributed by atoms with Gasteiger partial charge in [-0.2, -0.15) is 0 Å². The van der Waals surface area contributed by atoms with Crippen LogP contribution in [0.1, 0.15) is 6.42 Å². The van der Waals surface area contributed by atoms with Crippen LogP contribution in [0.5, 0.6) is 0 Å². The average Bonchev–Trinajstić information content (AvgIpc) is 3.08. The first-order valence-corrected chi connectivity index (χ1v) is 6.44. The SMILES string of the molecule is O=C(Nc1cccc(-c2cnco2)c1)C1CC(F)(F)CN1. The van der Waals surface area contributed by atoms with Gasteiger partial charge in [0.25, 0.3) is 5.92 Å². The number of carbonyl (C=O) groups excluding carboxylic acids is 1. The number of rotatable bonds is 3. The van der Waals surface area contributed by atoms with Crippen LogP contribution >= 0.6 is 0 Å². The summed E-state index contributed by atoms with van der Waals surface area (Å²) < 4.78 is 31.3. The van der Waals surface area contributed by atoms with Gasteiger partial charge in [0.15, 0.2) is 12.2 Å². The third-order valence-corrected chi connectivity index (χ3v) is 3.27. The number of carbonyl (C=O) groups is 1. The first kappa shape index (κ1) is 13.7. The third kappa shape index (κ3) is 3.08. The van der Waals surface area contributed by atoms with E-state index in [0.29, 0.717) is 11.4 Å². The molecule has 0 saturated carbocycles. The van der Waals surface area contributed by atoms with E-state index in [0.717, 1.165) is 5.56 Å². The van der Waals surface area contributed by atoms with Crippen molar-refractivity contribution >= 4 is 11.6 Å². The van der Waals surface area contributed by atoms with Crippen LogP contribution in [0, 0.1) is 0 Å². The molecule has 1 aliphatic heterocycles. The first-order chi connectivity index (χ1) is 10.0. The van der Waals surface area contributed by atoms with Crippen LogP contribution in [0.25, 0.3) is 11.3 Å². The second kappa shape index (κ2) is 5.25. The van der Waals surface area contributed by atoms with Gasteiger partial charge in [-0.3, -0.25) is 10.1 Å². The largest absolute Gasteiger partial charge is 0.444 e. The maximum atomic E-state index is 13.1. The lowest BCUT2D eigenvalue weighted by atomic mass is 10.1. The predicted molar refractivity (Wildman–Crippen MR) is 71.9 cm³/mol. The molecule has 1 amide bonds. The van der Waals surface area contributed by atoms with E-state index in [9.17, 15) is 13.6 Å². The highest BCUT2D eigenvalue weighted by atomic mass is 19.3. The number of benzene rings is 1. The summed E-state index contributed by atoms with van der Waals surface area (Å²) in [4.78, 5) is 15.8. The van der Waals surface area contributed by atoms with E-state index in [2.05, 4.69) is 15.6 Å². The number of hydrogen-bond acceptors (Lipinski definition) is 4. The van der Waals surface area contributed by atoms with Gasteiger partial charge in [0, 0.05) is 17.7 Å². The molecule has 3 rings (SSSR count). The van der Waals surface area contributed by atoms with E-state index in [-0.39, 0.29) is 0 Å². The summed E-state index contributed by atoms with van der Waals surface area (Å²) in [6.07, 6.45) is 2.38. The fourth-order valence-electron chi connectivity index (χ4n) is 2.24. The first-order valence-electron chi connectivity index (χ1n) is 6.44. The van der Waals surface area contributed by atoms with Crippen LogP contribution in [0.2, 0.25) is 0 Å². The zero-order valence-corrected chi connectivity index (χ0v) is 11.0. The summed E-state index contributed by atoms with van der Waals surface area (Å²) in [5.74, 6) is -2.73. The van der Waals surface area contributed by atoms with Gasteiger partial charge in [0.2, 0.25) is 5.91 Å². The summed E-state index contributed by atoms with van der Waals surface area (Å²) >= 11 is 0. The Labute approximate surface area is 119 Å². The highest BCUT2D eigenvalue weighted by Gasteiger charge is 2.42. The molecular formula is C14H13F2N3O2. The molecule has 0 radical (unpaired) electrons. The predicted octanol–water partition coefficient (Wildman–Crippen LogP) is 2.28. The van der Waals surface area contributed by atoms with Gasteiger partial charge >= 0.3 is 0 Å². The molecule has 2 aromatic rings. The minimum atomic E-state index is -2.83. The smallest absolute Gasteiger partial charge is 0.262 e. The Bertz CT molecular complexity index is 643. The van der Waals surface area contributed by atoms with Gasteiger partial charge in [-0.05, 0) is 12.1 Å². The van der Waals surface area contributed by atoms with Crippen LogP contribution in [0.3, 0.4) is 0 Å². The number of oxazole rings is 1. The molecule has 0 spiro atoms. The Morgan fingerprint density at radius 3 is 3.00 bits per heavy atom. The van der Waals surface area contributed by atoms with Gasteiger partial charge in [-0.1, -0.05) is 12.1 Å². The highest BCUT2D eigenvalue weighted by molar-refractivity contribution is 5.95. The minimum absolute atomic E-state index is 0.469. The van der Waals surface area contributed by atoms with E-state index >= 15 is 0 Å². The lowest BCUT2D eigenvalue weighted by Crippen LogP contribution is -2.35. The van der Waals surface area contributed by atoms with Crippen molar-refractivity contribution in [3.63, 3.8) is 0 Å². The average molecular weight is 293 g/mol. The van der Waals surface area contributed by atoms with Crippen LogP contribution < -0.4 is 10.6 Å². The number of aromatic nitrogens is 1. The van der Waals surface area contributed by atoms with Crippen molar-refractivity contribution in [2.75, 3.05) is 11.9 Å². The van der Waals surface area contributed by atoms with E-state index in [1.807, 2.05) is 0 Å². The maximum absolute atomic E-state index is 13.1. The lowest BCUT2D eigenvalue weighted by molar-refractivity contribution is -0.118. The third-order valence-electron chi connectivity index (χ3n) is 3.27. The summed E-state index contributed by atoms with van der Waals surface area (Å²) in [6, 6.07) is 6.05. The van der Waals surface area contributed by atoms with Crippen molar-refractivity contribution in [2.24, 2.45) is 0 Å². The topological polar surface area (TPSA) is 67.2 Å². The van der Waals surface area contributed by atoms with E-state index in [1.54, 1.807) is 30.5 Å². The van der Waals surface area contributed by atoms with Gasteiger partial charge in [0.05, 0.1) is 18.8 Å². The standard InChI is InChI=1S/C14H13F2N3O2/c15-14(16)5-11(18-7-14)13(20)19-10-3-1-2-9(4-10)12-6-17-8-21-12/h1-4,6,8,11,18H,5,7H2,(H,19,20). The van der Waals surface area contributed by atoms with Crippen molar-refractivity contribution in [2.45, 2.75) is 18.4 Å². The summed E-state index contributed by atoms with van der Waals surface area (Å²) in [5, 5.41) is 5.15. The quantitative estimate of drug-likeness (QED) is 0.911. The molecule has 1 aromatic carbocycles. The molecule has 5 nitrogen and oxygen atoms in total. The molecule has 1 aromatic heterocycles. The molecule has 110 valence electrons. The lowest BCUT2D eigenvalue weighted by Gasteiger charge is -2.11. The van der Waals surface area contributed by atoms with E-state index in [4.69, 9.17) is 4.42 Å². The van der Waals surface area contributed by atoms with Crippen molar-refractivity contribution in [3.05, 3.63) is 36.9 Å². The molecule has 1 aliphatic rings. The van der Waals surface area contributed by atoms with Crippen molar-refractivity contribution < 1.29 is 18.0 Å². The summed E-state index contributed by atoms with van der Waals surface area (Å²) in [5.41, 5.74) is 1.26.